The SMILES string of the molecule is C[Si](C)(C)O[Si](C)(C)COC(=O)C=CC(=O)OC(F)(F)C(F)(F)C(F)(F)C(F)(F)C(F)(F)C(F)(F)CCC(F)(F)F. The van der Waals surface area contributed by atoms with Crippen LogP contribution in [0.25, 0.3) is 0 Å². The van der Waals surface area contributed by atoms with E-state index in [4.69, 9.17) is 4.12 Å². The highest BCUT2D eigenvalue weighted by Gasteiger charge is 2.91. The quantitative estimate of drug-likeness (QED) is 0.0837. The van der Waals surface area contributed by atoms with Crippen LogP contribution in [0.5, 0.6) is 0 Å². The molecule has 0 radical (unpaired) electrons. The van der Waals surface area contributed by atoms with Gasteiger partial charge in [0, 0.05) is 25.0 Å². The van der Waals surface area contributed by atoms with Crippen molar-refractivity contribution in [2.24, 2.45) is 0 Å². The van der Waals surface area contributed by atoms with E-state index in [2.05, 4.69) is 9.47 Å². The fourth-order valence-electron chi connectivity index (χ4n) is 2.77. The van der Waals surface area contributed by atoms with Crippen LogP contribution in [0.4, 0.5) is 65.9 Å². The van der Waals surface area contributed by atoms with Crippen molar-refractivity contribution in [3.05, 3.63) is 12.2 Å². The summed E-state index contributed by atoms with van der Waals surface area (Å²) < 4.78 is 213. The molecule has 0 aromatic carbocycles. The molecule has 0 N–H and O–H groups in total. The molecule has 0 rings (SSSR count). The monoisotopic (exact) mass is 672 g/mol. The van der Waals surface area contributed by atoms with Crippen LogP contribution in [-0.2, 0) is 23.2 Å². The van der Waals surface area contributed by atoms with Gasteiger partial charge in [0.15, 0.2) is 8.32 Å². The fourth-order valence-corrected chi connectivity index (χ4v) is 10.1. The van der Waals surface area contributed by atoms with Gasteiger partial charge < -0.3 is 13.6 Å². The van der Waals surface area contributed by atoms with Crippen molar-refractivity contribution < 1.29 is 89.0 Å². The Kier molecular flexibility index (Phi) is 11.4. The Morgan fingerprint density at radius 2 is 1.02 bits per heavy atom. The number of rotatable bonds is 14. The summed E-state index contributed by atoms with van der Waals surface area (Å²) in [4.78, 5) is 23.0. The number of carbonyl (C=O) groups excluding carboxylic acids is 2. The van der Waals surface area contributed by atoms with Gasteiger partial charge in [0.1, 0.15) is 6.23 Å². The summed E-state index contributed by atoms with van der Waals surface area (Å²) in [5.41, 5.74) is 0. The van der Waals surface area contributed by atoms with Crippen molar-refractivity contribution in [1.82, 2.24) is 0 Å². The third-order valence-electron chi connectivity index (χ3n) is 4.46. The predicted molar refractivity (Wildman–Crippen MR) is 113 cm³/mol. The summed E-state index contributed by atoms with van der Waals surface area (Å²) in [7, 11) is -4.81. The van der Waals surface area contributed by atoms with Crippen molar-refractivity contribution in [2.75, 3.05) is 6.23 Å². The molecular formula is C19H23F15O5Si2. The van der Waals surface area contributed by atoms with Crippen molar-refractivity contribution >= 4 is 28.6 Å². The first-order valence-corrected chi connectivity index (χ1v) is 17.3. The molecule has 41 heavy (non-hydrogen) atoms. The number of halogens is 15. The summed E-state index contributed by atoms with van der Waals surface area (Å²) >= 11 is 0. The summed E-state index contributed by atoms with van der Waals surface area (Å²) in [5.74, 6) is -43.1. The van der Waals surface area contributed by atoms with Crippen LogP contribution >= 0.6 is 0 Å². The van der Waals surface area contributed by atoms with Gasteiger partial charge in [0.25, 0.3) is 0 Å². The third kappa shape index (κ3) is 9.51. The van der Waals surface area contributed by atoms with Crippen LogP contribution < -0.4 is 0 Å². The molecule has 0 heterocycles. The molecule has 0 aliphatic rings. The third-order valence-corrected chi connectivity index (χ3v) is 9.96. The molecule has 0 amide bonds. The average Bonchev–Trinajstić information content (AvgIpc) is 2.71. The van der Waals surface area contributed by atoms with Crippen LogP contribution in [0.1, 0.15) is 12.8 Å². The minimum absolute atomic E-state index is 0.0579. The molecule has 242 valence electrons. The van der Waals surface area contributed by atoms with Gasteiger partial charge in [-0.3, -0.25) is 0 Å². The standard InChI is InChI=1S/C19H23F15O5Si2/c1-40(2,3)39-41(4,5)10-37-11(35)6-7-12(36)38-19(33,34)18(31,32)17(29,30)16(27,28)15(25,26)13(20,21)8-9-14(22,23)24/h6-7H,8-10H2,1-5H3. The second kappa shape index (κ2) is 12.0. The number of carbonyl (C=O) groups is 2. The highest BCUT2D eigenvalue weighted by molar-refractivity contribution is 6.84. The molecule has 0 atom stereocenters. The first-order chi connectivity index (χ1) is 17.7. The molecule has 0 fully saturated rings. The maximum absolute atomic E-state index is 13.8. The fraction of sp³-hybridized carbons (Fsp3) is 0.789. The molecule has 0 unspecified atom stereocenters. The highest BCUT2D eigenvalue weighted by Crippen LogP contribution is 2.61. The van der Waals surface area contributed by atoms with Gasteiger partial charge in [-0.2, -0.15) is 65.9 Å². The number of alkyl halides is 15. The molecule has 0 aliphatic carbocycles. The molecule has 0 bridgehead atoms. The van der Waals surface area contributed by atoms with E-state index in [9.17, 15) is 75.4 Å². The molecule has 0 aromatic rings. The van der Waals surface area contributed by atoms with Crippen molar-refractivity contribution in [2.45, 2.75) is 87.5 Å². The van der Waals surface area contributed by atoms with Crippen molar-refractivity contribution in [1.29, 1.82) is 0 Å². The number of ether oxygens (including phenoxy) is 2. The maximum Gasteiger partial charge on any atom is 0.473 e. The van der Waals surface area contributed by atoms with E-state index in [0.717, 1.165) is 0 Å². The molecule has 0 saturated carbocycles. The molecule has 0 aliphatic heterocycles. The maximum atomic E-state index is 13.8. The zero-order chi connectivity index (χ0) is 33.3. The van der Waals surface area contributed by atoms with Crippen LogP contribution in [0, 0.1) is 0 Å². The van der Waals surface area contributed by atoms with E-state index in [0.29, 0.717) is 0 Å². The van der Waals surface area contributed by atoms with Crippen molar-refractivity contribution in [3.8, 4) is 0 Å². The summed E-state index contributed by atoms with van der Waals surface area (Å²) in [6, 6.07) is 0. The number of esters is 2. The Morgan fingerprint density at radius 3 is 1.44 bits per heavy atom. The second-order valence-electron chi connectivity index (χ2n) is 9.97. The predicted octanol–water partition coefficient (Wildman–Crippen LogP) is 7.34. The van der Waals surface area contributed by atoms with Gasteiger partial charge in [-0.15, -0.1) is 0 Å². The van der Waals surface area contributed by atoms with E-state index in [1.807, 2.05) is 0 Å². The van der Waals surface area contributed by atoms with Gasteiger partial charge in [-0.25, -0.2) is 9.59 Å². The van der Waals surface area contributed by atoms with Crippen LogP contribution in [0.3, 0.4) is 0 Å². The van der Waals surface area contributed by atoms with E-state index in [1.54, 1.807) is 32.7 Å². The normalized spacial score (nSPS) is 15.3. The second-order valence-corrected chi connectivity index (χ2v) is 18.8. The lowest BCUT2D eigenvalue weighted by Gasteiger charge is -2.40. The summed E-state index contributed by atoms with van der Waals surface area (Å²) in [5, 5.41) is 0. The minimum Gasteiger partial charge on any atom is -0.463 e. The van der Waals surface area contributed by atoms with E-state index in [1.165, 1.54) is 0 Å². The van der Waals surface area contributed by atoms with E-state index in [-0.39, 0.29) is 6.08 Å². The lowest BCUT2D eigenvalue weighted by atomic mass is 9.91. The van der Waals surface area contributed by atoms with Gasteiger partial charge >= 0.3 is 53.8 Å². The molecule has 22 heteroatoms. The van der Waals surface area contributed by atoms with Gasteiger partial charge in [-0.1, -0.05) is 0 Å². The lowest BCUT2D eigenvalue weighted by Crippen LogP contribution is -2.71. The Morgan fingerprint density at radius 1 is 0.610 bits per heavy atom. The molecular weight excluding hydrogens is 649 g/mol. The Labute approximate surface area is 224 Å². The molecule has 0 saturated heterocycles. The first kappa shape index (κ1) is 39.0. The number of hydrogen-bond donors (Lipinski definition) is 0. The van der Waals surface area contributed by atoms with Gasteiger partial charge in [-0.05, 0) is 32.7 Å². The molecule has 5 nitrogen and oxygen atoms in total. The summed E-state index contributed by atoms with van der Waals surface area (Å²) in [6.45, 7) is 8.47. The highest BCUT2D eigenvalue weighted by atomic mass is 28.4. The Balaban J connectivity index is 5.83. The lowest BCUT2D eigenvalue weighted by molar-refractivity contribution is -0.451. The molecule has 0 aromatic heterocycles. The van der Waals surface area contributed by atoms with E-state index >= 15 is 0 Å². The number of hydrogen-bond acceptors (Lipinski definition) is 5. The Bertz CT molecular complexity index is 973. The zero-order valence-electron chi connectivity index (χ0n) is 21.5. The van der Waals surface area contributed by atoms with Crippen molar-refractivity contribution in [3.63, 3.8) is 0 Å². The van der Waals surface area contributed by atoms with Crippen LogP contribution in [-0.4, -0.2) is 76.7 Å². The summed E-state index contributed by atoms with van der Waals surface area (Å²) in [6.07, 6.45) is -20.1. The zero-order valence-corrected chi connectivity index (χ0v) is 23.5. The smallest absolute Gasteiger partial charge is 0.463 e. The first-order valence-electron chi connectivity index (χ1n) is 10.8. The molecule has 0 spiro atoms. The van der Waals surface area contributed by atoms with Gasteiger partial charge in [0.2, 0.25) is 8.32 Å². The largest absolute Gasteiger partial charge is 0.473 e. The topological polar surface area (TPSA) is 61.8 Å². The average molecular weight is 673 g/mol. The Hall–Kier alpha value is -1.98. The van der Waals surface area contributed by atoms with E-state index < -0.39 is 95.6 Å². The van der Waals surface area contributed by atoms with Crippen LogP contribution in [0.15, 0.2) is 12.2 Å². The van der Waals surface area contributed by atoms with Gasteiger partial charge in [0.05, 0.1) is 0 Å². The van der Waals surface area contributed by atoms with Crippen LogP contribution in [0.2, 0.25) is 32.7 Å². The minimum atomic E-state index is -8.18.